The third-order valence-corrected chi connectivity index (χ3v) is 3.42. The molecule has 21 heavy (non-hydrogen) atoms. The number of amides is 1. The first-order valence-corrected chi connectivity index (χ1v) is 6.54. The van der Waals surface area contributed by atoms with Gasteiger partial charge in [0.05, 0.1) is 11.8 Å². The quantitative estimate of drug-likeness (QED) is 0.879. The van der Waals surface area contributed by atoms with Gasteiger partial charge in [-0.15, -0.1) is 0 Å². The normalized spacial score (nSPS) is 13.6. The van der Waals surface area contributed by atoms with E-state index in [4.69, 9.17) is 9.52 Å². The van der Waals surface area contributed by atoms with Crippen molar-refractivity contribution in [3.8, 4) is 0 Å². The van der Waals surface area contributed by atoms with E-state index >= 15 is 0 Å². The van der Waals surface area contributed by atoms with E-state index < -0.39 is 5.97 Å². The Hall–Kier alpha value is -2.82. The molecule has 1 aliphatic heterocycles. The Kier molecular flexibility index (Phi) is 3.31. The number of furan rings is 1. The third-order valence-electron chi connectivity index (χ3n) is 3.42. The van der Waals surface area contributed by atoms with Crippen LogP contribution in [0.15, 0.2) is 47.1 Å². The van der Waals surface area contributed by atoms with Gasteiger partial charge in [-0.05, 0) is 48.4 Å². The summed E-state index contributed by atoms with van der Waals surface area (Å²) < 4.78 is 5.14. The Balaban J connectivity index is 1.81. The predicted octanol–water partition coefficient (Wildman–Crippen LogP) is 2.58. The monoisotopic (exact) mass is 283 g/mol. The molecule has 2 aromatic rings. The number of carboxylic acid groups (broad SMARTS) is 1. The molecule has 1 aromatic heterocycles. The van der Waals surface area contributed by atoms with Crippen LogP contribution >= 0.6 is 0 Å². The van der Waals surface area contributed by atoms with E-state index in [0.29, 0.717) is 18.7 Å². The zero-order valence-electron chi connectivity index (χ0n) is 11.2. The van der Waals surface area contributed by atoms with Crippen LogP contribution in [0.2, 0.25) is 0 Å². The number of benzene rings is 1. The molecule has 0 bridgehead atoms. The Morgan fingerprint density at radius 2 is 2.14 bits per heavy atom. The fourth-order valence-electron chi connectivity index (χ4n) is 2.39. The van der Waals surface area contributed by atoms with Crippen LogP contribution in [-0.4, -0.2) is 23.5 Å². The number of fused-ring (bicyclic) bond motifs is 1. The molecule has 1 aliphatic rings. The molecule has 1 aromatic carbocycles. The maximum Gasteiger partial charge on any atom is 0.335 e. The van der Waals surface area contributed by atoms with E-state index in [-0.39, 0.29) is 11.5 Å². The van der Waals surface area contributed by atoms with Crippen LogP contribution in [0.4, 0.5) is 5.69 Å². The molecular formula is C16H13NO4. The molecule has 0 atom stereocenters. The molecule has 0 saturated carbocycles. The maximum absolute atomic E-state index is 12.2. The molecule has 106 valence electrons. The van der Waals surface area contributed by atoms with Gasteiger partial charge < -0.3 is 14.4 Å². The fourth-order valence-corrected chi connectivity index (χ4v) is 2.39. The predicted molar refractivity (Wildman–Crippen MR) is 77.2 cm³/mol. The fraction of sp³-hybridized carbons (Fsp3) is 0.125. The first-order chi connectivity index (χ1) is 10.1. The Bertz CT molecular complexity index is 716. The van der Waals surface area contributed by atoms with Gasteiger partial charge in [0.25, 0.3) is 5.91 Å². The van der Waals surface area contributed by atoms with Crippen molar-refractivity contribution < 1.29 is 19.1 Å². The molecule has 0 saturated heterocycles. The van der Waals surface area contributed by atoms with E-state index in [1.165, 1.54) is 12.1 Å². The van der Waals surface area contributed by atoms with Gasteiger partial charge in [0.15, 0.2) is 0 Å². The molecule has 2 heterocycles. The summed E-state index contributed by atoms with van der Waals surface area (Å²) in [5, 5.41) is 8.98. The molecular weight excluding hydrogens is 270 g/mol. The highest BCUT2D eigenvalue weighted by atomic mass is 16.4. The number of nitrogens with zero attached hydrogens (tertiary/aromatic N) is 1. The van der Waals surface area contributed by atoms with Crippen molar-refractivity contribution >= 4 is 23.6 Å². The second-order valence-electron chi connectivity index (χ2n) is 4.74. The van der Waals surface area contributed by atoms with Crippen molar-refractivity contribution in [2.45, 2.75) is 6.42 Å². The Morgan fingerprint density at radius 1 is 1.29 bits per heavy atom. The van der Waals surface area contributed by atoms with Crippen LogP contribution in [0.3, 0.4) is 0 Å². The highest BCUT2D eigenvalue weighted by Gasteiger charge is 2.24. The lowest BCUT2D eigenvalue weighted by atomic mass is 10.1. The van der Waals surface area contributed by atoms with Crippen molar-refractivity contribution in [3.05, 3.63) is 59.6 Å². The van der Waals surface area contributed by atoms with Crippen LogP contribution < -0.4 is 4.90 Å². The highest BCUT2D eigenvalue weighted by Crippen LogP contribution is 2.29. The molecule has 3 rings (SSSR count). The summed E-state index contributed by atoms with van der Waals surface area (Å²) in [7, 11) is 0. The first-order valence-electron chi connectivity index (χ1n) is 6.54. The number of hydrogen-bond donors (Lipinski definition) is 1. The number of carboxylic acids is 1. The van der Waals surface area contributed by atoms with Gasteiger partial charge in [0.2, 0.25) is 0 Å². The van der Waals surface area contributed by atoms with Crippen molar-refractivity contribution in [2.75, 3.05) is 11.4 Å². The summed E-state index contributed by atoms with van der Waals surface area (Å²) in [5.74, 6) is -0.488. The second kappa shape index (κ2) is 5.28. The van der Waals surface area contributed by atoms with Gasteiger partial charge in [0, 0.05) is 18.3 Å². The minimum Gasteiger partial charge on any atom is -0.478 e. The van der Waals surface area contributed by atoms with Crippen molar-refractivity contribution in [3.63, 3.8) is 0 Å². The number of anilines is 1. The standard InChI is InChI=1S/C16H13NO4/c18-15(6-4-13-2-1-9-21-13)17-8-7-11-10-12(16(19)20)3-5-14(11)17/h1-6,9-10H,7-8H2,(H,19,20)/b6-4+. The Morgan fingerprint density at radius 3 is 2.86 bits per heavy atom. The molecule has 0 fully saturated rings. The first kappa shape index (κ1) is 13.2. The van der Waals surface area contributed by atoms with Crippen LogP contribution in [0, 0.1) is 0 Å². The third kappa shape index (κ3) is 2.58. The highest BCUT2D eigenvalue weighted by molar-refractivity contribution is 6.05. The van der Waals surface area contributed by atoms with E-state index in [9.17, 15) is 9.59 Å². The lowest BCUT2D eigenvalue weighted by molar-refractivity contribution is -0.114. The molecule has 0 unspecified atom stereocenters. The van der Waals surface area contributed by atoms with E-state index in [0.717, 1.165) is 11.3 Å². The van der Waals surface area contributed by atoms with Gasteiger partial charge in [0.1, 0.15) is 5.76 Å². The number of aromatic carboxylic acids is 1. The smallest absolute Gasteiger partial charge is 0.335 e. The van der Waals surface area contributed by atoms with Crippen molar-refractivity contribution in [1.29, 1.82) is 0 Å². The molecule has 0 spiro atoms. The number of hydrogen-bond acceptors (Lipinski definition) is 3. The minimum absolute atomic E-state index is 0.145. The minimum atomic E-state index is -0.958. The molecule has 1 amide bonds. The molecule has 5 nitrogen and oxygen atoms in total. The lowest BCUT2D eigenvalue weighted by Crippen LogP contribution is -2.26. The molecule has 0 radical (unpaired) electrons. The van der Waals surface area contributed by atoms with Gasteiger partial charge in [-0.25, -0.2) is 4.79 Å². The van der Waals surface area contributed by atoms with E-state index in [2.05, 4.69) is 0 Å². The summed E-state index contributed by atoms with van der Waals surface area (Å²) in [5.41, 5.74) is 1.90. The largest absolute Gasteiger partial charge is 0.478 e. The van der Waals surface area contributed by atoms with Gasteiger partial charge in [-0.2, -0.15) is 0 Å². The summed E-state index contributed by atoms with van der Waals surface area (Å²) in [6, 6.07) is 8.35. The summed E-state index contributed by atoms with van der Waals surface area (Å²) in [6.45, 7) is 0.555. The molecule has 5 heteroatoms. The average molecular weight is 283 g/mol. The second-order valence-corrected chi connectivity index (χ2v) is 4.74. The van der Waals surface area contributed by atoms with Crippen LogP contribution in [0.25, 0.3) is 6.08 Å². The zero-order chi connectivity index (χ0) is 14.8. The number of carbonyl (C=O) groups excluding carboxylic acids is 1. The van der Waals surface area contributed by atoms with Gasteiger partial charge in [-0.1, -0.05) is 0 Å². The summed E-state index contributed by atoms with van der Waals surface area (Å²) in [6.07, 6.45) is 5.28. The van der Waals surface area contributed by atoms with Crippen LogP contribution in [0.5, 0.6) is 0 Å². The average Bonchev–Trinajstić information content (AvgIpc) is 3.13. The zero-order valence-corrected chi connectivity index (χ0v) is 11.2. The molecule has 0 aliphatic carbocycles. The Labute approximate surface area is 121 Å². The SMILES string of the molecule is O=C(O)c1ccc2c(c1)CCN2C(=O)/C=C/c1ccco1. The topological polar surface area (TPSA) is 70.8 Å². The summed E-state index contributed by atoms with van der Waals surface area (Å²) in [4.78, 5) is 24.8. The van der Waals surface area contributed by atoms with E-state index in [1.54, 1.807) is 41.5 Å². The number of carbonyl (C=O) groups is 2. The summed E-state index contributed by atoms with van der Waals surface area (Å²) >= 11 is 0. The van der Waals surface area contributed by atoms with Crippen molar-refractivity contribution in [1.82, 2.24) is 0 Å². The van der Waals surface area contributed by atoms with Crippen LogP contribution in [0.1, 0.15) is 21.7 Å². The van der Waals surface area contributed by atoms with Crippen LogP contribution in [-0.2, 0) is 11.2 Å². The van der Waals surface area contributed by atoms with Gasteiger partial charge >= 0.3 is 5.97 Å². The lowest BCUT2D eigenvalue weighted by Gasteiger charge is -2.15. The van der Waals surface area contributed by atoms with E-state index in [1.807, 2.05) is 0 Å². The van der Waals surface area contributed by atoms with Gasteiger partial charge in [-0.3, -0.25) is 4.79 Å². The van der Waals surface area contributed by atoms with Crippen molar-refractivity contribution in [2.24, 2.45) is 0 Å². The number of rotatable bonds is 3. The maximum atomic E-state index is 12.2. The molecule has 1 N–H and O–H groups in total.